The molecule has 0 aliphatic rings. The fraction of sp³-hybridized carbons (Fsp3) is 0.133. The topological polar surface area (TPSA) is 34.0 Å². The van der Waals surface area contributed by atoms with Crippen LogP contribution in [0.25, 0.3) is 10.4 Å². The van der Waals surface area contributed by atoms with E-state index in [0.29, 0.717) is 0 Å². The van der Waals surface area contributed by atoms with Crippen molar-refractivity contribution in [1.29, 1.82) is 0 Å². The molecule has 0 amide bonds. The molecular weight excluding hydrogens is 288 g/mol. The van der Waals surface area contributed by atoms with Crippen molar-refractivity contribution in [2.75, 3.05) is 5.32 Å². The SMILES string of the molecule is Cn1cc(NCc2cc(-c3cccs3)cs2)ccc1=O. The van der Waals surface area contributed by atoms with Crippen molar-refractivity contribution in [3.8, 4) is 10.4 Å². The highest BCUT2D eigenvalue weighted by Crippen LogP contribution is 2.29. The van der Waals surface area contributed by atoms with Gasteiger partial charge in [0.1, 0.15) is 0 Å². The normalized spacial score (nSPS) is 10.7. The minimum atomic E-state index is 0.00616. The highest BCUT2D eigenvalue weighted by molar-refractivity contribution is 7.14. The lowest BCUT2D eigenvalue weighted by atomic mass is 10.2. The maximum Gasteiger partial charge on any atom is 0.250 e. The smallest absolute Gasteiger partial charge is 0.250 e. The summed E-state index contributed by atoms with van der Waals surface area (Å²) < 4.78 is 1.58. The lowest BCUT2D eigenvalue weighted by molar-refractivity contribution is 0.859. The number of aromatic nitrogens is 1. The van der Waals surface area contributed by atoms with Crippen LogP contribution in [0.3, 0.4) is 0 Å². The van der Waals surface area contributed by atoms with E-state index in [0.717, 1.165) is 12.2 Å². The molecule has 0 spiro atoms. The molecule has 0 aromatic carbocycles. The first kappa shape index (κ1) is 13.1. The Bertz CT molecular complexity index is 756. The van der Waals surface area contributed by atoms with Gasteiger partial charge < -0.3 is 9.88 Å². The van der Waals surface area contributed by atoms with E-state index in [4.69, 9.17) is 0 Å². The summed E-state index contributed by atoms with van der Waals surface area (Å²) in [6.07, 6.45) is 1.82. The predicted octanol–water partition coefficient (Wildman–Crippen LogP) is 3.79. The Kier molecular flexibility index (Phi) is 3.71. The van der Waals surface area contributed by atoms with Crippen LogP contribution in [0, 0.1) is 0 Å². The molecule has 0 saturated heterocycles. The first-order chi connectivity index (χ1) is 9.72. The van der Waals surface area contributed by atoms with Crippen molar-refractivity contribution in [2.45, 2.75) is 6.54 Å². The molecule has 0 radical (unpaired) electrons. The van der Waals surface area contributed by atoms with E-state index in [2.05, 4.69) is 34.3 Å². The molecule has 1 N–H and O–H groups in total. The third-order valence-electron chi connectivity index (χ3n) is 3.01. The van der Waals surface area contributed by atoms with Crippen molar-refractivity contribution >= 4 is 28.4 Å². The van der Waals surface area contributed by atoms with Gasteiger partial charge in [0, 0.05) is 41.2 Å². The second kappa shape index (κ2) is 5.64. The minimum Gasteiger partial charge on any atom is -0.379 e. The van der Waals surface area contributed by atoms with Crippen molar-refractivity contribution < 1.29 is 0 Å². The Hall–Kier alpha value is -1.85. The molecule has 0 atom stereocenters. The number of anilines is 1. The number of thiophene rings is 2. The summed E-state index contributed by atoms with van der Waals surface area (Å²) in [5.74, 6) is 0. The molecule has 20 heavy (non-hydrogen) atoms. The summed E-state index contributed by atoms with van der Waals surface area (Å²) in [6, 6.07) is 9.81. The molecule has 0 aliphatic carbocycles. The van der Waals surface area contributed by atoms with Gasteiger partial charge in [-0.25, -0.2) is 0 Å². The van der Waals surface area contributed by atoms with Crippen LogP contribution in [0.15, 0.2) is 52.1 Å². The third-order valence-corrected chi connectivity index (χ3v) is 4.87. The van der Waals surface area contributed by atoms with Crippen LogP contribution in [0.1, 0.15) is 4.88 Å². The summed E-state index contributed by atoms with van der Waals surface area (Å²) in [7, 11) is 1.76. The van der Waals surface area contributed by atoms with Gasteiger partial charge in [0.15, 0.2) is 0 Å². The highest BCUT2D eigenvalue weighted by Gasteiger charge is 2.03. The van der Waals surface area contributed by atoms with Gasteiger partial charge >= 0.3 is 0 Å². The number of hydrogen-bond acceptors (Lipinski definition) is 4. The highest BCUT2D eigenvalue weighted by atomic mass is 32.1. The van der Waals surface area contributed by atoms with Crippen LogP contribution in [0.4, 0.5) is 5.69 Å². The van der Waals surface area contributed by atoms with E-state index < -0.39 is 0 Å². The summed E-state index contributed by atoms with van der Waals surface area (Å²) in [6.45, 7) is 0.772. The maximum absolute atomic E-state index is 11.3. The number of rotatable bonds is 4. The van der Waals surface area contributed by atoms with Crippen LogP contribution in [-0.2, 0) is 13.6 Å². The predicted molar refractivity (Wildman–Crippen MR) is 86.6 cm³/mol. The molecule has 3 heterocycles. The average Bonchev–Trinajstić information content (AvgIpc) is 3.09. The molecule has 0 aliphatic heterocycles. The Labute approximate surface area is 125 Å². The zero-order chi connectivity index (χ0) is 13.9. The quantitative estimate of drug-likeness (QED) is 0.795. The lowest BCUT2D eigenvalue weighted by Gasteiger charge is -2.05. The number of pyridine rings is 1. The van der Waals surface area contributed by atoms with Gasteiger partial charge in [-0.1, -0.05) is 6.07 Å². The van der Waals surface area contributed by atoms with Gasteiger partial charge in [0.05, 0.1) is 5.69 Å². The van der Waals surface area contributed by atoms with E-state index in [1.807, 2.05) is 12.3 Å². The zero-order valence-electron chi connectivity index (χ0n) is 11.0. The number of nitrogens with zero attached hydrogens (tertiary/aromatic N) is 1. The molecule has 3 aromatic rings. The van der Waals surface area contributed by atoms with Crippen molar-refractivity contribution in [3.05, 3.63) is 62.5 Å². The minimum absolute atomic E-state index is 0.00616. The number of nitrogens with one attached hydrogen (secondary N) is 1. The largest absolute Gasteiger partial charge is 0.379 e. The van der Waals surface area contributed by atoms with E-state index in [-0.39, 0.29) is 5.56 Å². The molecule has 0 unspecified atom stereocenters. The molecular formula is C15H14N2OS2. The lowest BCUT2D eigenvalue weighted by Crippen LogP contribution is -2.15. The van der Waals surface area contributed by atoms with E-state index >= 15 is 0 Å². The van der Waals surface area contributed by atoms with Crippen LogP contribution >= 0.6 is 22.7 Å². The molecule has 102 valence electrons. The van der Waals surface area contributed by atoms with Crippen LogP contribution < -0.4 is 10.9 Å². The van der Waals surface area contributed by atoms with Gasteiger partial charge in [0.25, 0.3) is 0 Å². The molecule has 3 nitrogen and oxygen atoms in total. The average molecular weight is 302 g/mol. The molecule has 5 heteroatoms. The van der Waals surface area contributed by atoms with E-state index in [1.54, 1.807) is 40.4 Å². The van der Waals surface area contributed by atoms with E-state index in [9.17, 15) is 4.79 Å². The Morgan fingerprint density at radius 1 is 1.25 bits per heavy atom. The molecule has 3 aromatic heterocycles. The fourth-order valence-electron chi connectivity index (χ4n) is 1.93. The standard InChI is InChI=1S/C15H14N2OS2/c1-17-9-12(4-5-15(17)18)16-8-13-7-11(10-20-13)14-3-2-6-19-14/h2-7,9-10,16H,8H2,1H3. The second-order valence-corrected chi connectivity index (χ2v) is 6.44. The Morgan fingerprint density at radius 3 is 2.90 bits per heavy atom. The van der Waals surface area contributed by atoms with Gasteiger partial charge in [-0.3, -0.25) is 4.79 Å². The van der Waals surface area contributed by atoms with Crippen LogP contribution in [-0.4, -0.2) is 4.57 Å². The maximum atomic E-state index is 11.3. The van der Waals surface area contributed by atoms with Crippen molar-refractivity contribution in [2.24, 2.45) is 7.05 Å². The van der Waals surface area contributed by atoms with E-state index in [1.165, 1.54) is 15.3 Å². The van der Waals surface area contributed by atoms with Gasteiger partial charge in [-0.2, -0.15) is 0 Å². The molecule has 3 rings (SSSR count). The molecule has 0 bridgehead atoms. The summed E-state index contributed by atoms with van der Waals surface area (Å²) in [4.78, 5) is 13.9. The monoisotopic (exact) mass is 302 g/mol. The number of aryl methyl sites for hydroxylation is 1. The van der Waals surface area contributed by atoms with Crippen molar-refractivity contribution in [1.82, 2.24) is 4.57 Å². The van der Waals surface area contributed by atoms with Gasteiger partial charge in [0.2, 0.25) is 5.56 Å². The summed E-state index contributed by atoms with van der Waals surface area (Å²) >= 11 is 3.51. The van der Waals surface area contributed by atoms with Gasteiger partial charge in [-0.05, 0) is 29.0 Å². The first-order valence-electron chi connectivity index (χ1n) is 6.24. The Morgan fingerprint density at radius 2 is 2.15 bits per heavy atom. The van der Waals surface area contributed by atoms with Crippen molar-refractivity contribution in [3.63, 3.8) is 0 Å². The molecule has 0 fully saturated rings. The van der Waals surface area contributed by atoms with Crippen LogP contribution in [0.5, 0.6) is 0 Å². The second-order valence-electron chi connectivity index (χ2n) is 4.50. The summed E-state index contributed by atoms with van der Waals surface area (Å²) in [5, 5.41) is 7.62. The fourth-order valence-corrected chi connectivity index (χ4v) is 3.55. The number of hydrogen-bond donors (Lipinski definition) is 1. The van der Waals surface area contributed by atoms with Gasteiger partial charge in [-0.15, -0.1) is 22.7 Å². The first-order valence-corrected chi connectivity index (χ1v) is 8.00. The third kappa shape index (κ3) is 2.84. The summed E-state index contributed by atoms with van der Waals surface area (Å²) in [5.41, 5.74) is 2.24. The molecule has 0 saturated carbocycles. The zero-order valence-corrected chi connectivity index (χ0v) is 12.6. The Balaban J connectivity index is 1.69. The van der Waals surface area contributed by atoms with Crippen LogP contribution in [0.2, 0.25) is 0 Å².